The summed E-state index contributed by atoms with van der Waals surface area (Å²) in [4.78, 5) is 31.0. The molecule has 0 bridgehead atoms. The number of pyridine rings is 1. The van der Waals surface area contributed by atoms with E-state index in [1.54, 1.807) is 18.2 Å². The number of hydrogen-bond donors (Lipinski definition) is 2. The second kappa shape index (κ2) is 11.8. The highest BCUT2D eigenvalue weighted by atomic mass is 16.5. The summed E-state index contributed by atoms with van der Waals surface area (Å²) in [5, 5.41) is 3.28. The summed E-state index contributed by atoms with van der Waals surface area (Å²) in [6.07, 6.45) is 5.40. The van der Waals surface area contributed by atoms with Gasteiger partial charge in [-0.05, 0) is 62.2 Å². The van der Waals surface area contributed by atoms with Gasteiger partial charge in [-0.25, -0.2) is 0 Å². The van der Waals surface area contributed by atoms with Crippen LogP contribution in [0.4, 0.5) is 0 Å². The van der Waals surface area contributed by atoms with Crippen LogP contribution in [0.3, 0.4) is 0 Å². The molecular formula is C27H33N3O4. The van der Waals surface area contributed by atoms with Crippen molar-refractivity contribution in [1.82, 2.24) is 15.2 Å². The molecule has 0 aliphatic carbocycles. The van der Waals surface area contributed by atoms with Gasteiger partial charge in [-0.1, -0.05) is 30.7 Å². The van der Waals surface area contributed by atoms with Crippen molar-refractivity contribution < 1.29 is 14.3 Å². The molecule has 2 aromatic carbocycles. The molecule has 7 nitrogen and oxygen atoms in total. The minimum Gasteiger partial charge on any atom is -0.494 e. The van der Waals surface area contributed by atoms with E-state index in [1.807, 2.05) is 31.2 Å². The van der Waals surface area contributed by atoms with Crippen molar-refractivity contribution in [2.45, 2.75) is 39.3 Å². The predicted molar refractivity (Wildman–Crippen MR) is 133 cm³/mol. The summed E-state index contributed by atoms with van der Waals surface area (Å²) in [6.45, 7) is 7.41. The van der Waals surface area contributed by atoms with E-state index < -0.39 is 5.91 Å². The first-order valence-corrected chi connectivity index (χ1v) is 12.1. The SMILES string of the molecule is CCOc1ccc2[nH]cc(C(=O)NCc3ccc(COCCN4CCCCC4)cc3)c(=O)c2c1. The van der Waals surface area contributed by atoms with Crippen LogP contribution in [-0.4, -0.2) is 48.6 Å². The zero-order valence-corrected chi connectivity index (χ0v) is 19.8. The van der Waals surface area contributed by atoms with Gasteiger partial charge in [0.1, 0.15) is 11.3 Å². The number of nitrogens with zero attached hydrogens (tertiary/aromatic N) is 1. The molecule has 7 heteroatoms. The lowest BCUT2D eigenvalue weighted by Crippen LogP contribution is -2.32. The number of carbonyl (C=O) groups is 1. The molecule has 2 N–H and O–H groups in total. The Bertz CT molecular complexity index is 1150. The van der Waals surface area contributed by atoms with Gasteiger partial charge in [0, 0.05) is 30.2 Å². The number of amides is 1. The number of aromatic nitrogens is 1. The fourth-order valence-electron chi connectivity index (χ4n) is 4.22. The van der Waals surface area contributed by atoms with Gasteiger partial charge in [0.2, 0.25) is 5.43 Å². The maximum absolute atomic E-state index is 12.9. The van der Waals surface area contributed by atoms with Crippen molar-refractivity contribution in [3.8, 4) is 5.75 Å². The second-order valence-electron chi connectivity index (χ2n) is 8.63. The predicted octanol–water partition coefficient (Wildman–Crippen LogP) is 3.86. The van der Waals surface area contributed by atoms with Crippen molar-refractivity contribution in [3.05, 3.63) is 75.6 Å². The molecule has 0 unspecified atom stereocenters. The summed E-state index contributed by atoms with van der Waals surface area (Å²) in [5.74, 6) is 0.198. The van der Waals surface area contributed by atoms with Crippen LogP contribution >= 0.6 is 0 Å². The third-order valence-corrected chi connectivity index (χ3v) is 6.15. The standard InChI is InChI=1S/C27H33N3O4/c1-2-34-22-10-11-25-23(16-22)26(31)24(18-28-25)27(32)29-17-20-6-8-21(9-7-20)19-33-15-14-30-12-4-3-5-13-30/h6-11,16,18H,2-5,12-15,17,19H2,1H3,(H,28,31)(H,29,32). The molecule has 34 heavy (non-hydrogen) atoms. The topological polar surface area (TPSA) is 83.7 Å². The first-order valence-electron chi connectivity index (χ1n) is 12.1. The summed E-state index contributed by atoms with van der Waals surface area (Å²) >= 11 is 0. The Balaban J connectivity index is 1.28. The highest BCUT2D eigenvalue weighted by Crippen LogP contribution is 2.17. The van der Waals surface area contributed by atoms with Gasteiger partial charge in [-0.3, -0.25) is 9.59 Å². The molecule has 180 valence electrons. The number of rotatable bonds is 10. The Kier molecular flexibility index (Phi) is 8.33. The molecule has 1 aliphatic heterocycles. The Morgan fingerprint density at radius 2 is 1.82 bits per heavy atom. The Morgan fingerprint density at radius 3 is 2.59 bits per heavy atom. The summed E-state index contributed by atoms with van der Waals surface area (Å²) in [6, 6.07) is 13.2. The van der Waals surface area contributed by atoms with Gasteiger partial charge in [-0.15, -0.1) is 0 Å². The van der Waals surface area contributed by atoms with Crippen LogP contribution in [-0.2, 0) is 17.9 Å². The van der Waals surface area contributed by atoms with Gasteiger partial charge in [0.05, 0.1) is 19.8 Å². The minimum atomic E-state index is -0.407. The molecule has 1 saturated heterocycles. The third kappa shape index (κ3) is 6.24. The van der Waals surface area contributed by atoms with Crippen molar-refractivity contribution in [3.63, 3.8) is 0 Å². The number of benzene rings is 2. The monoisotopic (exact) mass is 463 g/mol. The lowest BCUT2D eigenvalue weighted by molar-refractivity contribution is 0.0863. The highest BCUT2D eigenvalue weighted by molar-refractivity contribution is 5.97. The number of fused-ring (bicyclic) bond motifs is 1. The van der Waals surface area contributed by atoms with Gasteiger partial charge in [0.15, 0.2) is 0 Å². The lowest BCUT2D eigenvalue weighted by atomic mass is 10.1. The van der Waals surface area contributed by atoms with Crippen molar-refractivity contribution >= 4 is 16.8 Å². The number of nitrogens with one attached hydrogen (secondary N) is 2. The second-order valence-corrected chi connectivity index (χ2v) is 8.63. The van der Waals surface area contributed by atoms with Crippen molar-refractivity contribution in [2.75, 3.05) is 32.8 Å². The maximum atomic E-state index is 12.9. The van der Waals surface area contributed by atoms with E-state index >= 15 is 0 Å². The fraction of sp³-hybridized carbons (Fsp3) is 0.407. The number of ether oxygens (including phenoxy) is 2. The Labute approximate surface area is 200 Å². The molecule has 1 fully saturated rings. The van der Waals surface area contributed by atoms with Crippen molar-refractivity contribution in [1.29, 1.82) is 0 Å². The van der Waals surface area contributed by atoms with Gasteiger partial charge < -0.3 is 24.7 Å². The van der Waals surface area contributed by atoms with E-state index in [9.17, 15) is 9.59 Å². The average molecular weight is 464 g/mol. The molecule has 1 aliphatic rings. The highest BCUT2D eigenvalue weighted by Gasteiger charge is 2.14. The Morgan fingerprint density at radius 1 is 1.06 bits per heavy atom. The number of aromatic amines is 1. The van der Waals surface area contributed by atoms with E-state index in [0.29, 0.717) is 36.4 Å². The molecule has 2 heterocycles. The Hall–Kier alpha value is -3.16. The lowest BCUT2D eigenvalue weighted by Gasteiger charge is -2.26. The molecule has 3 aromatic rings. The van der Waals surface area contributed by atoms with Crippen LogP contribution < -0.4 is 15.5 Å². The van der Waals surface area contributed by atoms with Crippen LogP contribution in [0.25, 0.3) is 10.9 Å². The van der Waals surface area contributed by atoms with Crippen LogP contribution in [0.2, 0.25) is 0 Å². The van der Waals surface area contributed by atoms with E-state index in [1.165, 1.54) is 38.5 Å². The first kappa shape index (κ1) is 24.0. The molecule has 1 aromatic heterocycles. The zero-order chi connectivity index (χ0) is 23.8. The van der Waals surface area contributed by atoms with Gasteiger partial charge in [0.25, 0.3) is 5.91 Å². The van der Waals surface area contributed by atoms with E-state index in [2.05, 4.69) is 15.2 Å². The normalized spacial score (nSPS) is 14.3. The largest absolute Gasteiger partial charge is 0.494 e. The van der Waals surface area contributed by atoms with Crippen molar-refractivity contribution in [2.24, 2.45) is 0 Å². The minimum absolute atomic E-state index is 0.0832. The van der Waals surface area contributed by atoms with Crippen LogP contribution in [0, 0.1) is 0 Å². The van der Waals surface area contributed by atoms with Crippen LogP contribution in [0.15, 0.2) is 53.5 Å². The average Bonchev–Trinajstić information content (AvgIpc) is 2.87. The number of piperidine rings is 1. The quantitative estimate of drug-likeness (QED) is 0.446. The van der Waals surface area contributed by atoms with Crippen LogP contribution in [0.1, 0.15) is 47.7 Å². The van der Waals surface area contributed by atoms with E-state index in [4.69, 9.17) is 9.47 Å². The summed E-state index contributed by atoms with van der Waals surface area (Å²) < 4.78 is 11.3. The number of likely N-dealkylation sites (tertiary alicyclic amines) is 1. The van der Waals surface area contributed by atoms with E-state index in [-0.39, 0.29) is 11.0 Å². The molecular weight excluding hydrogens is 430 g/mol. The molecule has 4 rings (SSSR count). The third-order valence-electron chi connectivity index (χ3n) is 6.15. The fourth-order valence-corrected chi connectivity index (χ4v) is 4.22. The molecule has 0 saturated carbocycles. The van der Waals surface area contributed by atoms with E-state index in [0.717, 1.165) is 24.3 Å². The number of H-pyrrole nitrogens is 1. The zero-order valence-electron chi connectivity index (χ0n) is 19.8. The molecule has 0 atom stereocenters. The molecule has 1 amide bonds. The van der Waals surface area contributed by atoms with Gasteiger partial charge >= 0.3 is 0 Å². The number of hydrogen-bond acceptors (Lipinski definition) is 5. The van der Waals surface area contributed by atoms with Crippen LogP contribution in [0.5, 0.6) is 5.75 Å². The summed E-state index contributed by atoms with van der Waals surface area (Å²) in [7, 11) is 0. The first-order chi connectivity index (χ1) is 16.6. The molecule has 0 spiro atoms. The summed E-state index contributed by atoms with van der Waals surface area (Å²) in [5.41, 5.74) is 2.49. The smallest absolute Gasteiger partial charge is 0.257 e. The maximum Gasteiger partial charge on any atom is 0.257 e. The molecule has 0 radical (unpaired) electrons. The number of carbonyl (C=O) groups excluding carboxylic acids is 1. The van der Waals surface area contributed by atoms with Gasteiger partial charge in [-0.2, -0.15) is 0 Å².